The Bertz CT molecular complexity index is 1060. The maximum absolute atomic E-state index is 13.5. The fourth-order valence-electron chi connectivity index (χ4n) is 4.84. The van der Waals surface area contributed by atoms with E-state index in [1.807, 2.05) is 19.1 Å². The lowest BCUT2D eigenvalue weighted by Gasteiger charge is -2.34. The first kappa shape index (κ1) is 22.8. The van der Waals surface area contributed by atoms with E-state index in [2.05, 4.69) is 30.1 Å². The van der Waals surface area contributed by atoms with Crippen LogP contribution in [-0.4, -0.2) is 54.8 Å². The first-order chi connectivity index (χ1) is 15.9. The van der Waals surface area contributed by atoms with Gasteiger partial charge in [0, 0.05) is 31.0 Å². The number of nitrogens with one attached hydrogen (secondary N) is 1. The SMILES string of the molecule is CCN(CC)c1ccc(NC(=O)CN2C(=O)C3CCCCN3C(=O)c3ccccc32)c(C)c1. The molecular weight excluding hydrogens is 416 g/mol. The van der Waals surface area contributed by atoms with Gasteiger partial charge in [-0.15, -0.1) is 0 Å². The number of benzene rings is 2. The van der Waals surface area contributed by atoms with Crippen molar-refractivity contribution in [2.45, 2.75) is 46.1 Å². The number of para-hydroxylation sites is 1. The van der Waals surface area contributed by atoms with Crippen molar-refractivity contribution in [3.05, 3.63) is 53.6 Å². The predicted molar refractivity (Wildman–Crippen MR) is 131 cm³/mol. The Morgan fingerprint density at radius 2 is 1.85 bits per heavy atom. The fourth-order valence-corrected chi connectivity index (χ4v) is 4.84. The zero-order chi connectivity index (χ0) is 23.5. The molecule has 0 bridgehead atoms. The second-order valence-electron chi connectivity index (χ2n) is 8.67. The van der Waals surface area contributed by atoms with Crippen molar-refractivity contribution in [2.75, 3.05) is 41.3 Å². The second kappa shape index (κ2) is 9.65. The van der Waals surface area contributed by atoms with Gasteiger partial charge < -0.3 is 20.0 Å². The summed E-state index contributed by atoms with van der Waals surface area (Å²) in [5, 5.41) is 2.96. The van der Waals surface area contributed by atoms with Crippen molar-refractivity contribution >= 4 is 34.8 Å². The highest BCUT2D eigenvalue weighted by Crippen LogP contribution is 2.32. The molecule has 3 amide bonds. The van der Waals surface area contributed by atoms with Crippen molar-refractivity contribution in [3.8, 4) is 0 Å². The van der Waals surface area contributed by atoms with Crippen LogP contribution in [0.2, 0.25) is 0 Å². The number of anilines is 3. The molecule has 7 nitrogen and oxygen atoms in total. The third-order valence-corrected chi connectivity index (χ3v) is 6.65. The minimum absolute atomic E-state index is 0.130. The van der Waals surface area contributed by atoms with Gasteiger partial charge in [0.15, 0.2) is 0 Å². The number of rotatable bonds is 6. The summed E-state index contributed by atoms with van der Waals surface area (Å²) in [6.45, 7) is 8.45. The number of nitrogens with zero attached hydrogens (tertiary/aromatic N) is 3. The number of aryl methyl sites for hydroxylation is 1. The molecule has 1 N–H and O–H groups in total. The standard InChI is InChI=1S/C26H32N4O3/c1-4-28(5-2)19-13-14-21(18(3)16-19)27-24(31)17-30-22-11-7-6-10-20(22)25(32)29-15-9-8-12-23(29)26(30)33/h6-7,10-11,13-14,16,23H,4-5,8-9,12,15,17H2,1-3H3,(H,27,31). The van der Waals surface area contributed by atoms with Crippen molar-refractivity contribution in [3.63, 3.8) is 0 Å². The van der Waals surface area contributed by atoms with Crippen LogP contribution in [0.3, 0.4) is 0 Å². The second-order valence-corrected chi connectivity index (χ2v) is 8.67. The molecule has 0 saturated carbocycles. The number of hydrogen-bond acceptors (Lipinski definition) is 4. The molecule has 0 aromatic heterocycles. The average Bonchev–Trinajstić information content (AvgIpc) is 2.91. The van der Waals surface area contributed by atoms with Crippen LogP contribution >= 0.6 is 0 Å². The Hall–Kier alpha value is -3.35. The molecule has 1 saturated heterocycles. The van der Waals surface area contributed by atoms with Gasteiger partial charge in [-0.05, 0) is 75.9 Å². The lowest BCUT2D eigenvalue weighted by Crippen LogP contribution is -2.52. The van der Waals surface area contributed by atoms with Crippen LogP contribution in [0.25, 0.3) is 0 Å². The summed E-state index contributed by atoms with van der Waals surface area (Å²) in [4.78, 5) is 45.1. The van der Waals surface area contributed by atoms with Crippen LogP contribution in [0.1, 0.15) is 49.0 Å². The normalized spacial score (nSPS) is 17.8. The third-order valence-electron chi connectivity index (χ3n) is 6.65. The number of carbonyl (C=O) groups is 3. The molecule has 0 radical (unpaired) electrons. The van der Waals surface area contributed by atoms with Gasteiger partial charge in [-0.2, -0.15) is 0 Å². The van der Waals surface area contributed by atoms with E-state index in [4.69, 9.17) is 0 Å². The summed E-state index contributed by atoms with van der Waals surface area (Å²) in [5.41, 5.74) is 3.78. The molecule has 4 rings (SSSR count). The molecule has 174 valence electrons. The molecule has 2 aliphatic heterocycles. The number of piperidine rings is 1. The van der Waals surface area contributed by atoms with Crippen LogP contribution in [0, 0.1) is 6.92 Å². The highest BCUT2D eigenvalue weighted by Gasteiger charge is 2.41. The molecule has 2 aromatic rings. The summed E-state index contributed by atoms with van der Waals surface area (Å²) in [6, 6.07) is 12.5. The Kier molecular flexibility index (Phi) is 6.67. The van der Waals surface area contributed by atoms with Crippen LogP contribution in [0.5, 0.6) is 0 Å². The Balaban J connectivity index is 1.57. The number of carbonyl (C=O) groups excluding carboxylic acids is 3. The number of fused-ring (bicyclic) bond motifs is 2. The molecule has 1 fully saturated rings. The third kappa shape index (κ3) is 4.45. The van der Waals surface area contributed by atoms with Crippen LogP contribution in [0.15, 0.2) is 42.5 Å². The molecule has 0 aliphatic carbocycles. The minimum atomic E-state index is -0.512. The predicted octanol–water partition coefficient (Wildman–Crippen LogP) is 3.82. The molecule has 2 aliphatic rings. The lowest BCUT2D eigenvalue weighted by molar-refractivity contribution is -0.125. The first-order valence-corrected chi connectivity index (χ1v) is 11.8. The maximum atomic E-state index is 13.5. The van der Waals surface area contributed by atoms with Gasteiger partial charge in [0.2, 0.25) is 11.8 Å². The van der Waals surface area contributed by atoms with Crippen LogP contribution < -0.4 is 15.1 Å². The first-order valence-electron chi connectivity index (χ1n) is 11.8. The highest BCUT2D eigenvalue weighted by molar-refractivity contribution is 6.13. The van der Waals surface area contributed by atoms with Gasteiger partial charge in [0.05, 0.1) is 11.3 Å². The van der Waals surface area contributed by atoms with Crippen molar-refractivity contribution in [2.24, 2.45) is 0 Å². The van der Waals surface area contributed by atoms with Crippen molar-refractivity contribution < 1.29 is 14.4 Å². The van der Waals surface area contributed by atoms with E-state index in [1.54, 1.807) is 29.2 Å². The molecule has 33 heavy (non-hydrogen) atoms. The molecule has 2 heterocycles. The monoisotopic (exact) mass is 448 g/mol. The van der Waals surface area contributed by atoms with E-state index < -0.39 is 6.04 Å². The average molecular weight is 449 g/mol. The Morgan fingerprint density at radius 1 is 1.09 bits per heavy atom. The molecule has 7 heteroatoms. The van der Waals surface area contributed by atoms with Crippen molar-refractivity contribution in [1.29, 1.82) is 0 Å². The fraction of sp³-hybridized carbons (Fsp3) is 0.423. The van der Waals surface area contributed by atoms with Crippen LogP contribution in [0.4, 0.5) is 17.1 Å². The molecule has 2 aromatic carbocycles. The number of hydrogen-bond donors (Lipinski definition) is 1. The largest absolute Gasteiger partial charge is 0.372 e. The topological polar surface area (TPSA) is 73.0 Å². The smallest absolute Gasteiger partial charge is 0.256 e. The maximum Gasteiger partial charge on any atom is 0.256 e. The van der Waals surface area contributed by atoms with E-state index >= 15 is 0 Å². The lowest BCUT2D eigenvalue weighted by atomic mass is 10.0. The minimum Gasteiger partial charge on any atom is -0.372 e. The highest BCUT2D eigenvalue weighted by atomic mass is 16.2. The molecular formula is C26H32N4O3. The van der Waals surface area contributed by atoms with Gasteiger partial charge in [-0.1, -0.05) is 12.1 Å². The van der Waals surface area contributed by atoms with Gasteiger partial charge in [0.1, 0.15) is 12.6 Å². The van der Waals surface area contributed by atoms with Gasteiger partial charge in [-0.25, -0.2) is 0 Å². The van der Waals surface area contributed by atoms with Crippen LogP contribution in [-0.2, 0) is 9.59 Å². The van der Waals surface area contributed by atoms with Gasteiger partial charge >= 0.3 is 0 Å². The van der Waals surface area contributed by atoms with E-state index in [-0.39, 0.29) is 24.3 Å². The van der Waals surface area contributed by atoms with Gasteiger partial charge in [0.25, 0.3) is 5.91 Å². The summed E-state index contributed by atoms with van der Waals surface area (Å²) in [7, 11) is 0. The zero-order valence-corrected chi connectivity index (χ0v) is 19.6. The van der Waals surface area contributed by atoms with E-state index in [1.165, 1.54) is 4.90 Å². The van der Waals surface area contributed by atoms with E-state index in [0.717, 1.165) is 42.9 Å². The number of amides is 3. The zero-order valence-electron chi connectivity index (χ0n) is 19.6. The summed E-state index contributed by atoms with van der Waals surface area (Å²) < 4.78 is 0. The molecule has 1 atom stereocenters. The van der Waals surface area contributed by atoms with Gasteiger partial charge in [-0.3, -0.25) is 14.4 Å². The van der Waals surface area contributed by atoms with Crippen molar-refractivity contribution in [1.82, 2.24) is 4.90 Å². The summed E-state index contributed by atoms with van der Waals surface area (Å²) >= 11 is 0. The summed E-state index contributed by atoms with van der Waals surface area (Å²) in [6.07, 6.45) is 2.41. The summed E-state index contributed by atoms with van der Waals surface area (Å²) in [5.74, 6) is -0.598. The molecule has 1 unspecified atom stereocenters. The van der Waals surface area contributed by atoms with E-state index in [9.17, 15) is 14.4 Å². The molecule has 0 spiro atoms. The Morgan fingerprint density at radius 3 is 2.58 bits per heavy atom. The quantitative estimate of drug-likeness (QED) is 0.729. The van der Waals surface area contributed by atoms with E-state index in [0.29, 0.717) is 24.2 Å². The Labute approximate surface area is 195 Å².